The molecule has 142 valence electrons. The second-order valence-electron chi connectivity index (χ2n) is 7.07. The fraction of sp³-hybridized carbons (Fsp3) is 0.364. The van der Waals surface area contributed by atoms with E-state index >= 15 is 0 Å². The number of nitrogens with zero attached hydrogens (tertiary/aromatic N) is 1. The number of hydrogen-bond acceptors (Lipinski definition) is 3. The van der Waals surface area contributed by atoms with Crippen molar-refractivity contribution < 1.29 is 14.7 Å². The summed E-state index contributed by atoms with van der Waals surface area (Å²) in [5, 5.41) is 12.1. The van der Waals surface area contributed by atoms with E-state index in [2.05, 4.69) is 29.6 Å². The summed E-state index contributed by atoms with van der Waals surface area (Å²) in [5.74, 6) is -0.929. The predicted molar refractivity (Wildman–Crippen MR) is 105 cm³/mol. The highest BCUT2D eigenvalue weighted by atomic mass is 16.4. The van der Waals surface area contributed by atoms with Crippen molar-refractivity contribution >= 4 is 11.9 Å². The third-order valence-electron chi connectivity index (χ3n) is 5.15. The molecule has 1 atom stereocenters. The molecule has 0 bridgehead atoms. The first kappa shape index (κ1) is 19.1. The van der Waals surface area contributed by atoms with Gasteiger partial charge in [0, 0.05) is 19.0 Å². The first-order valence-electron chi connectivity index (χ1n) is 9.45. The molecule has 1 unspecified atom stereocenters. The number of likely N-dealkylation sites (tertiary alicyclic amines) is 1. The lowest BCUT2D eigenvalue weighted by atomic mass is 9.88. The summed E-state index contributed by atoms with van der Waals surface area (Å²) >= 11 is 0. The van der Waals surface area contributed by atoms with Crippen LogP contribution in [0.4, 0.5) is 0 Å². The monoisotopic (exact) mass is 366 g/mol. The van der Waals surface area contributed by atoms with Gasteiger partial charge >= 0.3 is 5.97 Å². The Morgan fingerprint density at radius 2 is 1.63 bits per heavy atom. The number of nitrogens with one attached hydrogen (secondary N) is 1. The number of carboxylic acid groups (broad SMARTS) is 1. The first-order valence-corrected chi connectivity index (χ1v) is 9.45. The van der Waals surface area contributed by atoms with Gasteiger partial charge in [0.25, 0.3) is 0 Å². The van der Waals surface area contributed by atoms with Crippen LogP contribution in [-0.2, 0) is 9.59 Å². The molecule has 1 saturated heterocycles. The minimum absolute atomic E-state index is 0.0408. The molecule has 1 amide bonds. The van der Waals surface area contributed by atoms with Crippen molar-refractivity contribution in [2.75, 3.05) is 26.2 Å². The average molecular weight is 366 g/mol. The van der Waals surface area contributed by atoms with E-state index in [0.29, 0.717) is 26.1 Å². The molecule has 2 aromatic carbocycles. The van der Waals surface area contributed by atoms with Crippen LogP contribution in [0.2, 0.25) is 0 Å². The molecular formula is C22H26N2O3. The van der Waals surface area contributed by atoms with E-state index in [-0.39, 0.29) is 24.3 Å². The predicted octanol–water partition coefficient (Wildman–Crippen LogP) is 2.73. The van der Waals surface area contributed by atoms with Gasteiger partial charge in [0.2, 0.25) is 5.91 Å². The third-order valence-corrected chi connectivity index (χ3v) is 5.15. The van der Waals surface area contributed by atoms with Gasteiger partial charge in [0.1, 0.15) is 0 Å². The molecular weight excluding hydrogens is 340 g/mol. The Balaban J connectivity index is 1.52. The molecule has 1 aliphatic rings. The number of benzene rings is 2. The third kappa shape index (κ3) is 5.41. The summed E-state index contributed by atoms with van der Waals surface area (Å²) in [5.41, 5.74) is 2.48. The van der Waals surface area contributed by atoms with Crippen LogP contribution in [0.5, 0.6) is 0 Å². The summed E-state index contributed by atoms with van der Waals surface area (Å²) in [4.78, 5) is 25.2. The topological polar surface area (TPSA) is 69.6 Å². The first-order chi connectivity index (χ1) is 13.1. The maximum absolute atomic E-state index is 12.2. The lowest BCUT2D eigenvalue weighted by Crippen LogP contribution is -2.37. The van der Waals surface area contributed by atoms with Gasteiger partial charge in [-0.05, 0) is 30.5 Å². The zero-order chi connectivity index (χ0) is 19.1. The van der Waals surface area contributed by atoms with E-state index < -0.39 is 5.97 Å². The summed E-state index contributed by atoms with van der Waals surface area (Å²) in [6.07, 6.45) is 1.43. The van der Waals surface area contributed by atoms with Gasteiger partial charge in [-0.25, -0.2) is 0 Å². The Hall–Kier alpha value is -2.66. The Morgan fingerprint density at radius 3 is 2.15 bits per heavy atom. The highest BCUT2D eigenvalue weighted by Gasteiger charge is 2.28. The van der Waals surface area contributed by atoms with Crippen LogP contribution in [0.1, 0.15) is 29.9 Å². The van der Waals surface area contributed by atoms with Crippen molar-refractivity contribution in [2.24, 2.45) is 5.92 Å². The number of hydrogen-bond donors (Lipinski definition) is 2. The van der Waals surface area contributed by atoms with Crippen LogP contribution in [0, 0.1) is 5.92 Å². The molecule has 2 N–H and O–H groups in total. The van der Waals surface area contributed by atoms with Crippen molar-refractivity contribution in [3.63, 3.8) is 0 Å². The minimum atomic E-state index is -0.772. The summed E-state index contributed by atoms with van der Waals surface area (Å²) in [6.45, 7) is 1.98. The zero-order valence-electron chi connectivity index (χ0n) is 15.4. The Labute approximate surface area is 160 Å². The lowest BCUT2D eigenvalue weighted by molar-refractivity contribution is -0.141. The van der Waals surface area contributed by atoms with E-state index in [1.54, 1.807) is 0 Å². The maximum atomic E-state index is 12.2. The number of aliphatic carboxylic acids is 1. The van der Waals surface area contributed by atoms with Crippen molar-refractivity contribution in [3.05, 3.63) is 71.8 Å². The highest BCUT2D eigenvalue weighted by molar-refractivity contribution is 5.78. The molecule has 2 aromatic rings. The number of carbonyl (C=O) groups excluding carboxylic acids is 1. The Bertz CT molecular complexity index is 709. The van der Waals surface area contributed by atoms with Gasteiger partial charge < -0.3 is 10.4 Å². The largest absolute Gasteiger partial charge is 0.481 e. The molecule has 1 heterocycles. The normalized spacial score (nSPS) is 17.1. The number of carbonyl (C=O) groups is 2. The van der Waals surface area contributed by atoms with Gasteiger partial charge in [-0.3, -0.25) is 14.5 Å². The Morgan fingerprint density at radius 1 is 1.04 bits per heavy atom. The number of amides is 1. The summed E-state index contributed by atoms with van der Waals surface area (Å²) in [6, 6.07) is 20.6. The van der Waals surface area contributed by atoms with E-state index in [4.69, 9.17) is 5.11 Å². The molecule has 0 spiro atoms. The summed E-state index contributed by atoms with van der Waals surface area (Å²) < 4.78 is 0. The van der Waals surface area contributed by atoms with Crippen LogP contribution >= 0.6 is 0 Å². The molecule has 0 saturated carbocycles. The molecule has 5 heteroatoms. The van der Waals surface area contributed by atoms with Gasteiger partial charge in [-0.1, -0.05) is 60.7 Å². The fourth-order valence-corrected chi connectivity index (χ4v) is 3.69. The standard InChI is InChI=1S/C22H26N2O3/c25-21(16-24-14-12-19(15-24)22(26)27)23-13-11-20(17-7-3-1-4-8-17)18-9-5-2-6-10-18/h1-10,19-20H,11-16H2,(H,23,25)(H,26,27). The molecule has 0 aromatic heterocycles. The van der Waals surface area contributed by atoms with E-state index in [0.717, 1.165) is 6.42 Å². The fourth-order valence-electron chi connectivity index (χ4n) is 3.69. The quantitative estimate of drug-likeness (QED) is 0.754. The van der Waals surface area contributed by atoms with Crippen LogP contribution in [0.15, 0.2) is 60.7 Å². The maximum Gasteiger partial charge on any atom is 0.307 e. The highest BCUT2D eigenvalue weighted by Crippen LogP contribution is 2.27. The smallest absolute Gasteiger partial charge is 0.307 e. The minimum Gasteiger partial charge on any atom is -0.481 e. The second-order valence-corrected chi connectivity index (χ2v) is 7.07. The second kappa shape index (κ2) is 9.33. The number of carboxylic acids is 1. The van der Waals surface area contributed by atoms with E-state index in [1.807, 2.05) is 41.3 Å². The lowest BCUT2D eigenvalue weighted by Gasteiger charge is -2.19. The van der Waals surface area contributed by atoms with Crippen molar-refractivity contribution in [1.29, 1.82) is 0 Å². The van der Waals surface area contributed by atoms with Gasteiger partial charge in [0.15, 0.2) is 0 Å². The SMILES string of the molecule is O=C(CN1CCC(C(=O)O)C1)NCCC(c1ccccc1)c1ccccc1. The van der Waals surface area contributed by atoms with E-state index in [1.165, 1.54) is 11.1 Å². The summed E-state index contributed by atoms with van der Waals surface area (Å²) in [7, 11) is 0. The van der Waals surface area contributed by atoms with E-state index in [9.17, 15) is 9.59 Å². The molecule has 1 aliphatic heterocycles. The van der Waals surface area contributed by atoms with Gasteiger partial charge in [-0.2, -0.15) is 0 Å². The van der Waals surface area contributed by atoms with Gasteiger partial charge in [-0.15, -0.1) is 0 Å². The van der Waals surface area contributed by atoms with Gasteiger partial charge in [0.05, 0.1) is 12.5 Å². The number of rotatable bonds is 8. The molecule has 0 radical (unpaired) electrons. The van der Waals surface area contributed by atoms with Crippen LogP contribution in [-0.4, -0.2) is 48.1 Å². The van der Waals surface area contributed by atoms with Crippen LogP contribution in [0.25, 0.3) is 0 Å². The molecule has 1 fully saturated rings. The van der Waals surface area contributed by atoms with Crippen LogP contribution in [0.3, 0.4) is 0 Å². The molecule has 3 rings (SSSR count). The van der Waals surface area contributed by atoms with Crippen molar-refractivity contribution in [3.8, 4) is 0 Å². The van der Waals surface area contributed by atoms with Crippen LogP contribution < -0.4 is 5.32 Å². The molecule has 0 aliphatic carbocycles. The zero-order valence-corrected chi connectivity index (χ0v) is 15.4. The average Bonchev–Trinajstić information content (AvgIpc) is 3.15. The van der Waals surface area contributed by atoms with Crippen molar-refractivity contribution in [1.82, 2.24) is 10.2 Å². The van der Waals surface area contributed by atoms with Crippen molar-refractivity contribution in [2.45, 2.75) is 18.8 Å². The molecule has 27 heavy (non-hydrogen) atoms. The Kier molecular flexibility index (Phi) is 6.60. The molecule has 5 nitrogen and oxygen atoms in total.